The molecule has 1 aliphatic carbocycles. The molecule has 190 valence electrons. The van der Waals surface area contributed by atoms with Crippen LogP contribution in [0.1, 0.15) is 130 Å². The van der Waals surface area contributed by atoms with Crippen LogP contribution in [0.4, 0.5) is 0 Å². The van der Waals surface area contributed by atoms with Gasteiger partial charge in [0.15, 0.2) is 8.32 Å². The molecule has 1 N–H and O–H groups in total. The van der Waals surface area contributed by atoms with Crippen molar-refractivity contribution in [3.63, 3.8) is 0 Å². The molecule has 2 nitrogen and oxygen atoms in total. The second-order valence-corrected chi connectivity index (χ2v) is 16.8. The third kappa shape index (κ3) is 13.6. The van der Waals surface area contributed by atoms with Gasteiger partial charge in [0, 0.05) is 0 Å². The smallest absolute Gasteiger partial charge is 0.192 e. The fourth-order valence-electron chi connectivity index (χ4n) is 4.53. The average Bonchev–Trinajstić information content (AvgIpc) is 3.48. The largest absolute Gasteiger partial charge is 0.412 e. The van der Waals surface area contributed by atoms with Gasteiger partial charge in [0.1, 0.15) is 0 Å². The zero-order chi connectivity index (χ0) is 23.9. The van der Waals surface area contributed by atoms with Crippen molar-refractivity contribution in [2.45, 2.75) is 155 Å². The summed E-state index contributed by atoms with van der Waals surface area (Å²) < 4.78 is 6.36. The first kappa shape index (κ1) is 29.9. The van der Waals surface area contributed by atoms with E-state index in [9.17, 15) is 5.11 Å². The molecule has 0 saturated heterocycles. The number of aliphatic hydroxyl groups is 1. The van der Waals surface area contributed by atoms with Crippen molar-refractivity contribution in [3.8, 4) is 0 Å². The number of aliphatic hydroxyl groups excluding tert-OH is 1. The third-order valence-electron chi connectivity index (χ3n) is 7.99. The van der Waals surface area contributed by atoms with Crippen LogP contribution in [0, 0.1) is 11.8 Å². The van der Waals surface area contributed by atoms with E-state index in [0.29, 0.717) is 0 Å². The Hall–Kier alpha value is -0.123. The fraction of sp³-hybridized carbons (Fsp3) is 0.931. The number of allylic oxidation sites excluding steroid dienone is 2. The van der Waals surface area contributed by atoms with Crippen LogP contribution in [0.15, 0.2) is 12.2 Å². The zero-order valence-electron chi connectivity index (χ0n) is 22.8. The predicted octanol–water partition coefficient (Wildman–Crippen LogP) is 9.43. The Balaban J connectivity index is 1.96. The average molecular weight is 467 g/mol. The number of hydrogen-bond acceptors (Lipinski definition) is 2. The highest BCUT2D eigenvalue weighted by molar-refractivity contribution is 6.74. The van der Waals surface area contributed by atoms with Crippen LogP contribution in [0.3, 0.4) is 0 Å². The first-order valence-electron chi connectivity index (χ1n) is 14.1. The van der Waals surface area contributed by atoms with Crippen LogP contribution in [-0.4, -0.2) is 26.1 Å². The van der Waals surface area contributed by atoms with E-state index in [1.54, 1.807) is 0 Å². The van der Waals surface area contributed by atoms with Gasteiger partial charge in [-0.05, 0) is 62.1 Å². The summed E-state index contributed by atoms with van der Waals surface area (Å²) in [6.07, 6.45) is 26.6. The Bertz CT molecular complexity index is 480. The molecule has 0 unspecified atom stereocenters. The highest BCUT2D eigenvalue weighted by Crippen LogP contribution is 2.45. The molecule has 0 aromatic carbocycles. The molecule has 3 atom stereocenters. The molecule has 0 amide bonds. The van der Waals surface area contributed by atoms with Crippen molar-refractivity contribution in [2.24, 2.45) is 11.8 Å². The molecule has 32 heavy (non-hydrogen) atoms. The van der Waals surface area contributed by atoms with Crippen LogP contribution < -0.4 is 0 Å². The van der Waals surface area contributed by atoms with E-state index in [-0.39, 0.29) is 17.7 Å². The maximum atomic E-state index is 9.70. The van der Waals surface area contributed by atoms with Gasteiger partial charge in [-0.15, -0.1) is 0 Å². The summed E-state index contributed by atoms with van der Waals surface area (Å²) in [5.41, 5.74) is 0. The van der Waals surface area contributed by atoms with Crippen molar-refractivity contribution in [3.05, 3.63) is 12.2 Å². The second-order valence-electron chi connectivity index (χ2n) is 12.0. The molecular weight excluding hydrogens is 408 g/mol. The molecule has 0 heterocycles. The minimum atomic E-state index is -1.79. The van der Waals surface area contributed by atoms with Crippen molar-refractivity contribution < 1.29 is 9.53 Å². The Kier molecular flexibility index (Phi) is 15.4. The fourth-order valence-corrected chi connectivity index (χ4v) is 5.90. The molecule has 0 radical (unpaired) electrons. The molecule has 1 aliphatic rings. The van der Waals surface area contributed by atoms with E-state index in [2.05, 4.69) is 52.9 Å². The van der Waals surface area contributed by atoms with Gasteiger partial charge in [-0.3, -0.25) is 0 Å². The topological polar surface area (TPSA) is 29.5 Å². The summed E-state index contributed by atoms with van der Waals surface area (Å²) in [4.78, 5) is 0. The van der Waals surface area contributed by atoms with Crippen LogP contribution in [0.2, 0.25) is 18.1 Å². The monoisotopic (exact) mass is 466 g/mol. The van der Waals surface area contributed by atoms with E-state index in [1.807, 2.05) is 0 Å². The number of rotatable bonds is 20. The maximum Gasteiger partial charge on any atom is 0.192 e. The molecule has 0 spiro atoms. The lowest BCUT2D eigenvalue weighted by atomic mass is 10.0. The molecule has 0 aromatic rings. The lowest BCUT2D eigenvalue weighted by Crippen LogP contribution is -2.44. The van der Waals surface area contributed by atoms with Gasteiger partial charge in [0.05, 0.1) is 12.7 Å². The van der Waals surface area contributed by atoms with Crippen molar-refractivity contribution >= 4 is 8.32 Å². The van der Waals surface area contributed by atoms with Gasteiger partial charge in [-0.1, -0.05) is 110 Å². The van der Waals surface area contributed by atoms with Gasteiger partial charge in [-0.2, -0.15) is 0 Å². The maximum absolute atomic E-state index is 9.70. The van der Waals surface area contributed by atoms with Crippen LogP contribution in [0.5, 0.6) is 0 Å². The van der Waals surface area contributed by atoms with Gasteiger partial charge < -0.3 is 9.53 Å². The minimum absolute atomic E-state index is 0.00611. The Morgan fingerprint density at radius 3 is 1.94 bits per heavy atom. The summed E-state index contributed by atoms with van der Waals surface area (Å²) in [5, 5.41) is 9.90. The highest BCUT2D eigenvalue weighted by Gasteiger charge is 2.39. The zero-order valence-corrected chi connectivity index (χ0v) is 23.8. The van der Waals surface area contributed by atoms with Gasteiger partial charge in [0.2, 0.25) is 0 Å². The van der Waals surface area contributed by atoms with Crippen molar-refractivity contribution in [1.29, 1.82) is 0 Å². The standard InChI is InChI=1S/C29H58O2Si/c1-7-8-9-10-11-12-15-18-21-26-24-27(26)22-19-16-13-14-17-20-23-28(25-30)31-32(5,6)29(2,3)4/h14,17,26-28,30H,7-13,15-16,18-25H2,1-6H3/b17-14-/t26-,27+,28-/m1/s1. The second kappa shape index (κ2) is 16.5. The number of unbranched alkanes of at least 4 members (excludes halogenated alkanes) is 9. The van der Waals surface area contributed by atoms with Gasteiger partial charge >= 0.3 is 0 Å². The van der Waals surface area contributed by atoms with E-state index in [1.165, 1.54) is 89.9 Å². The summed E-state index contributed by atoms with van der Waals surface area (Å²) in [6.45, 7) is 13.7. The molecular formula is C29H58O2Si. The summed E-state index contributed by atoms with van der Waals surface area (Å²) in [7, 11) is -1.79. The summed E-state index contributed by atoms with van der Waals surface area (Å²) in [6, 6.07) is 0. The first-order chi connectivity index (χ1) is 15.2. The van der Waals surface area contributed by atoms with E-state index in [0.717, 1.165) is 24.7 Å². The molecule has 0 aromatic heterocycles. The molecule has 1 saturated carbocycles. The molecule has 0 aliphatic heterocycles. The Labute approximate surface area is 203 Å². The van der Waals surface area contributed by atoms with E-state index < -0.39 is 8.32 Å². The molecule has 3 heteroatoms. The van der Waals surface area contributed by atoms with Crippen molar-refractivity contribution in [2.75, 3.05) is 6.61 Å². The Morgan fingerprint density at radius 2 is 1.38 bits per heavy atom. The van der Waals surface area contributed by atoms with Crippen LogP contribution in [-0.2, 0) is 4.43 Å². The first-order valence-corrected chi connectivity index (χ1v) is 17.1. The lowest BCUT2D eigenvalue weighted by Gasteiger charge is -2.38. The van der Waals surface area contributed by atoms with Gasteiger partial charge in [0.25, 0.3) is 0 Å². The van der Waals surface area contributed by atoms with Gasteiger partial charge in [-0.25, -0.2) is 0 Å². The SMILES string of the molecule is CCCCCCCCCC[C@@H]1C[C@@H]1CCCC/C=C\CC[C@H](CO)O[Si](C)(C)C(C)(C)C. The minimum Gasteiger partial charge on any atom is -0.412 e. The Morgan fingerprint density at radius 1 is 0.844 bits per heavy atom. The van der Waals surface area contributed by atoms with Crippen LogP contribution in [0.25, 0.3) is 0 Å². The quantitative estimate of drug-likeness (QED) is 0.110. The molecule has 0 bridgehead atoms. The van der Waals surface area contributed by atoms with Crippen LogP contribution >= 0.6 is 0 Å². The van der Waals surface area contributed by atoms with Crippen molar-refractivity contribution in [1.82, 2.24) is 0 Å². The molecule has 1 rings (SSSR count). The van der Waals surface area contributed by atoms with E-state index >= 15 is 0 Å². The summed E-state index contributed by atoms with van der Waals surface area (Å²) in [5.74, 6) is 2.13. The normalized spacial score (nSPS) is 20.2. The third-order valence-corrected chi connectivity index (χ3v) is 12.5. The molecule has 1 fully saturated rings. The lowest BCUT2D eigenvalue weighted by molar-refractivity contribution is 0.0968. The highest BCUT2D eigenvalue weighted by atomic mass is 28.4. The van der Waals surface area contributed by atoms with E-state index in [4.69, 9.17) is 4.43 Å². The number of hydrogen-bond donors (Lipinski definition) is 1. The predicted molar refractivity (Wildman–Crippen MR) is 145 cm³/mol. The summed E-state index contributed by atoms with van der Waals surface area (Å²) >= 11 is 0.